The fourth-order valence-electron chi connectivity index (χ4n) is 2.30. The molecule has 0 unspecified atom stereocenters. The van der Waals surface area contributed by atoms with E-state index in [0.717, 1.165) is 6.54 Å². The van der Waals surface area contributed by atoms with E-state index in [2.05, 4.69) is 22.4 Å². The van der Waals surface area contributed by atoms with Crippen LogP contribution in [0.4, 0.5) is 10.1 Å². The molecule has 1 aliphatic rings. The molecule has 3 rings (SSSR count). The van der Waals surface area contributed by atoms with Gasteiger partial charge in [-0.25, -0.2) is 4.39 Å². The van der Waals surface area contributed by atoms with Crippen molar-refractivity contribution in [2.24, 2.45) is 0 Å². The molecule has 2 aromatic rings. The lowest BCUT2D eigenvalue weighted by atomic mass is 10.1. The van der Waals surface area contributed by atoms with E-state index in [0.29, 0.717) is 23.8 Å². The third-order valence-corrected chi connectivity index (χ3v) is 4.38. The number of halogens is 1. The Morgan fingerprint density at radius 1 is 1.21 bits per heavy atom. The predicted octanol–water partition coefficient (Wildman–Crippen LogP) is 3.63. The number of hydrogen-bond donors (Lipinski definition) is 1. The summed E-state index contributed by atoms with van der Waals surface area (Å²) in [4.78, 5) is 3.66. The number of benzene rings is 1. The fourth-order valence-corrected chi connectivity index (χ4v) is 3.03. The average molecular weight is 276 g/mol. The molecular formula is C15H17FN2S. The Hall–Kier alpha value is -1.39. The fraction of sp³-hybridized carbons (Fsp3) is 0.333. The molecule has 19 heavy (non-hydrogen) atoms. The maximum atomic E-state index is 13.9. The Morgan fingerprint density at radius 3 is 2.68 bits per heavy atom. The summed E-state index contributed by atoms with van der Waals surface area (Å²) in [7, 11) is 0. The molecule has 1 aliphatic carbocycles. The van der Waals surface area contributed by atoms with Crippen molar-refractivity contribution in [3.05, 3.63) is 52.0 Å². The number of anilines is 1. The van der Waals surface area contributed by atoms with Gasteiger partial charge in [0.2, 0.25) is 0 Å². The van der Waals surface area contributed by atoms with Crippen molar-refractivity contribution < 1.29 is 4.39 Å². The first-order valence-electron chi connectivity index (χ1n) is 6.53. The average Bonchev–Trinajstić information content (AvgIpc) is 3.11. The minimum Gasteiger partial charge on any atom is -0.398 e. The molecule has 100 valence electrons. The molecule has 0 aliphatic heterocycles. The van der Waals surface area contributed by atoms with E-state index in [1.54, 1.807) is 23.5 Å². The highest BCUT2D eigenvalue weighted by Gasteiger charge is 2.30. The molecule has 1 aromatic heterocycles. The van der Waals surface area contributed by atoms with Crippen LogP contribution in [0, 0.1) is 5.82 Å². The number of nitrogen functional groups attached to an aromatic ring is 1. The second-order valence-electron chi connectivity index (χ2n) is 5.02. The van der Waals surface area contributed by atoms with Crippen LogP contribution in [0.1, 0.15) is 23.3 Å². The Kier molecular flexibility index (Phi) is 3.53. The van der Waals surface area contributed by atoms with Gasteiger partial charge in [-0.15, -0.1) is 11.3 Å². The number of nitrogens with two attached hydrogens (primary N) is 1. The predicted molar refractivity (Wildman–Crippen MR) is 77.4 cm³/mol. The van der Waals surface area contributed by atoms with E-state index in [1.165, 1.54) is 23.8 Å². The molecule has 0 spiro atoms. The van der Waals surface area contributed by atoms with Crippen LogP contribution in [-0.4, -0.2) is 10.9 Å². The maximum absolute atomic E-state index is 13.9. The largest absolute Gasteiger partial charge is 0.398 e. The van der Waals surface area contributed by atoms with Gasteiger partial charge in [0.05, 0.1) is 0 Å². The Balaban J connectivity index is 1.78. The van der Waals surface area contributed by atoms with Crippen molar-refractivity contribution in [3.8, 4) is 0 Å². The topological polar surface area (TPSA) is 29.3 Å². The minimum atomic E-state index is -0.197. The Morgan fingerprint density at radius 2 is 2.05 bits per heavy atom. The van der Waals surface area contributed by atoms with Crippen LogP contribution < -0.4 is 5.73 Å². The van der Waals surface area contributed by atoms with E-state index in [4.69, 9.17) is 5.73 Å². The van der Waals surface area contributed by atoms with E-state index < -0.39 is 0 Å². The van der Waals surface area contributed by atoms with E-state index >= 15 is 0 Å². The van der Waals surface area contributed by atoms with Gasteiger partial charge in [0.1, 0.15) is 5.82 Å². The van der Waals surface area contributed by atoms with Crippen molar-refractivity contribution in [1.82, 2.24) is 4.90 Å². The molecule has 4 heteroatoms. The third kappa shape index (κ3) is 2.96. The molecule has 0 bridgehead atoms. The second-order valence-corrected chi connectivity index (χ2v) is 6.06. The highest BCUT2D eigenvalue weighted by Crippen LogP contribution is 2.32. The maximum Gasteiger partial charge on any atom is 0.129 e. The SMILES string of the molecule is Nc1cccc(F)c1CN(Cc1cccs1)C1CC1. The van der Waals surface area contributed by atoms with E-state index in [9.17, 15) is 4.39 Å². The van der Waals surface area contributed by atoms with Crippen molar-refractivity contribution in [3.63, 3.8) is 0 Å². The van der Waals surface area contributed by atoms with Gasteiger partial charge in [-0.1, -0.05) is 12.1 Å². The van der Waals surface area contributed by atoms with Crippen LogP contribution in [0.5, 0.6) is 0 Å². The van der Waals surface area contributed by atoms with Crippen molar-refractivity contribution >= 4 is 17.0 Å². The lowest BCUT2D eigenvalue weighted by Crippen LogP contribution is -2.25. The van der Waals surface area contributed by atoms with E-state index in [1.807, 2.05) is 0 Å². The Labute approximate surface area is 116 Å². The lowest BCUT2D eigenvalue weighted by Gasteiger charge is -2.22. The minimum absolute atomic E-state index is 0.197. The molecule has 0 radical (unpaired) electrons. The van der Waals surface area contributed by atoms with Gasteiger partial charge < -0.3 is 5.73 Å². The summed E-state index contributed by atoms with van der Waals surface area (Å²) in [5.41, 5.74) is 7.08. The first kappa shape index (κ1) is 12.6. The zero-order valence-electron chi connectivity index (χ0n) is 10.7. The van der Waals surface area contributed by atoms with Crippen molar-refractivity contribution in [2.75, 3.05) is 5.73 Å². The van der Waals surface area contributed by atoms with Crippen molar-refractivity contribution in [2.45, 2.75) is 32.0 Å². The zero-order chi connectivity index (χ0) is 13.2. The molecule has 0 atom stereocenters. The normalized spacial score (nSPS) is 15.1. The molecule has 0 saturated heterocycles. The lowest BCUT2D eigenvalue weighted by molar-refractivity contribution is 0.245. The smallest absolute Gasteiger partial charge is 0.129 e. The second kappa shape index (κ2) is 5.31. The van der Waals surface area contributed by atoms with Gasteiger partial charge in [-0.3, -0.25) is 4.90 Å². The Bertz CT molecular complexity index is 529. The summed E-state index contributed by atoms with van der Waals surface area (Å²) in [6, 6.07) is 9.69. The summed E-state index contributed by atoms with van der Waals surface area (Å²) in [6.07, 6.45) is 2.42. The quantitative estimate of drug-likeness (QED) is 0.845. The van der Waals surface area contributed by atoms with Gasteiger partial charge in [-0.05, 0) is 36.4 Å². The number of hydrogen-bond acceptors (Lipinski definition) is 3. The molecule has 1 aromatic carbocycles. The van der Waals surface area contributed by atoms with Crippen LogP contribution >= 0.6 is 11.3 Å². The first-order valence-corrected chi connectivity index (χ1v) is 7.41. The van der Waals surface area contributed by atoms with Crippen molar-refractivity contribution in [1.29, 1.82) is 0 Å². The standard InChI is InChI=1S/C15H17FN2S/c16-14-4-1-5-15(17)13(14)10-18(11-6-7-11)9-12-3-2-8-19-12/h1-5,8,11H,6-7,9-10,17H2. The highest BCUT2D eigenvalue weighted by molar-refractivity contribution is 7.09. The van der Waals surface area contributed by atoms with Crippen LogP contribution in [0.25, 0.3) is 0 Å². The summed E-state index contributed by atoms with van der Waals surface area (Å²) in [5, 5.41) is 2.08. The number of rotatable bonds is 5. The van der Waals surface area contributed by atoms with Crippen LogP contribution in [0.15, 0.2) is 35.7 Å². The van der Waals surface area contributed by atoms with Gasteiger partial charge in [-0.2, -0.15) is 0 Å². The van der Waals surface area contributed by atoms with Crippen LogP contribution in [0.2, 0.25) is 0 Å². The molecule has 0 amide bonds. The number of thiophene rings is 1. The summed E-state index contributed by atoms with van der Waals surface area (Å²) >= 11 is 1.75. The highest BCUT2D eigenvalue weighted by atomic mass is 32.1. The van der Waals surface area contributed by atoms with E-state index in [-0.39, 0.29) is 5.82 Å². The van der Waals surface area contributed by atoms with Crippen LogP contribution in [0.3, 0.4) is 0 Å². The summed E-state index contributed by atoms with van der Waals surface area (Å²) in [5.74, 6) is -0.197. The molecule has 2 N–H and O–H groups in total. The van der Waals surface area contributed by atoms with Crippen LogP contribution in [-0.2, 0) is 13.1 Å². The van der Waals surface area contributed by atoms with Gasteiger partial charge in [0.25, 0.3) is 0 Å². The van der Waals surface area contributed by atoms with Gasteiger partial charge in [0.15, 0.2) is 0 Å². The summed E-state index contributed by atoms with van der Waals surface area (Å²) in [6.45, 7) is 1.48. The molecular weight excluding hydrogens is 259 g/mol. The molecule has 1 saturated carbocycles. The first-order chi connectivity index (χ1) is 9.24. The molecule has 2 nitrogen and oxygen atoms in total. The monoisotopic (exact) mass is 276 g/mol. The zero-order valence-corrected chi connectivity index (χ0v) is 11.5. The van der Waals surface area contributed by atoms with Gasteiger partial charge in [0, 0.05) is 35.3 Å². The van der Waals surface area contributed by atoms with Gasteiger partial charge >= 0.3 is 0 Å². The molecule has 1 heterocycles. The number of nitrogens with zero attached hydrogens (tertiary/aromatic N) is 1. The molecule has 1 fully saturated rings. The third-order valence-electron chi connectivity index (χ3n) is 3.52. The summed E-state index contributed by atoms with van der Waals surface area (Å²) < 4.78 is 13.9.